The summed E-state index contributed by atoms with van der Waals surface area (Å²) in [5.41, 5.74) is 4.38. The average Bonchev–Trinajstić information content (AvgIpc) is 2.45. The Labute approximate surface area is 111 Å². The summed E-state index contributed by atoms with van der Waals surface area (Å²) in [6.07, 6.45) is 3.36. The highest BCUT2D eigenvalue weighted by Crippen LogP contribution is 2.24. The lowest BCUT2D eigenvalue weighted by Crippen LogP contribution is -2.29. The van der Waals surface area contributed by atoms with Crippen molar-refractivity contribution >= 4 is 0 Å². The number of hydrogen-bond donors (Lipinski definition) is 2. The molecule has 0 amide bonds. The number of rotatable bonds is 5. The molecule has 1 unspecified atom stereocenters. The van der Waals surface area contributed by atoms with Gasteiger partial charge in [-0.25, -0.2) is 4.39 Å². The summed E-state index contributed by atoms with van der Waals surface area (Å²) in [6.45, 7) is 0. The molecular weight excluding hydrogens is 245 g/mol. The molecule has 3 N–H and O–H groups in total. The number of nitrogens with one attached hydrogen (secondary N) is 1. The van der Waals surface area contributed by atoms with Gasteiger partial charge in [-0.15, -0.1) is 0 Å². The molecule has 1 aromatic carbocycles. The molecule has 0 aliphatic rings. The molecule has 5 heteroatoms. The van der Waals surface area contributed by atoms with E-state index in [0.29, 0.717) is 12.0 Å². The Morgan fingerprint density at radius 2 is 2.16 bits per heavy atom. The second-order valence-electron chi connectivity index (χ2n) is 4.17. The van der Waals surface area contributed by atoms with Crippen molar-refractivity contribution in [3.8, 4) is 5.75 Å². The first kappa shape index (κ1) is 13.5. The third kappa shape index (κ3) is 3.27. The summed E-state index contributed by atoms with van der Waals surface area (Å²) in [5, 5.41) is 0. The largest absolute Gasteiger partial charge is 0.496 e. The van der Waals surface area contributed by atoms with Gasteiger partial charge >= 0.3 is 0 Å². The zero-order valence-electron chi connectivity index (χ0n) is 10.6. The van der Waals surface area contributed by atoms with Crippen molar-refractivity contribution in [1.82, 2.24) is 10.4 Å². The zero-order valence-corrected chi connectivity index (χ0v) is 10.6. The molecular formula is C14H16FN3O. The molecule has 0 spiro atoms. The molecule has 0 radical (unpaired) electrons. The maximum Gasteiger partial charge on any atom is 0.141 e. The van der Waals surface area contributed by atoms with Gasteiger partial charge in [-0.05, 0) is 29.7 Å². The number of pyridine rings is 1. The predicted octanol–water partition coefficient (Wildman–Crippen LogP) is 1.98. The Kier molecular flexibility index (Phi) is 4.43. The second-order valence-corrected chi connectivity index (χ2v) is 4.17. The number of methoxy groups -OCH3 is 1. The Balaban J connectivity index is 2.24. The number of para-hydroxylation sites is 1. The molecule has 100 valence electrons. The van der Waals surface area contributed by atoms with E-state index >= 15 is 0 Å². The smallest absolute Gasteiger partial charge is 0.141 e. The van der Waals surface area contributed by atoms with Crippen molar-refractivity contribution in [3.05, 3.63) is 59.7 Å². The highest BCUT2D eigenvalue weighted by atomic mass is 19.1. The van der Waals surface area contributed by atoms with E-state index in [4.69, 9.17) is 10.6 Å². The molecule has 0 saturated heterocycles. The van der Waals surface area contributed by atoms with Crippen molar-refractivity contribution in [1.29, 1.82) is 0 Å². The van der Waals surface area contributed by atoms with Crippen LogP contribution in [0.2, 0.25) is 0 Å². The van der Waals surface area contributed by atoms with Crippen LogP contribution in [0.5, 0.6) is 5.75 Å². The number of benzene rings is 1. The van der Waals surface area contributed by atoms with Crippen molar-refractivity contribution in [2.24, 2.45) is 5.84 Å². The van der Waals surface area contributed by atoms with Gasteiger partial charge in [-0.2, -0.15) is 0 Å². The topological polar surface area (TPSA) is 60.2 Å². The number of nitrogens with zero attached hydrogens (tertiary/aromatic N) is 1. The number of halogens is 1. The highest BCUT2D eigenvalue weighted by molar-refractivity contribution is 5.35. The van der Waals surface area contributed by atoms with Crippen molar-refractivity contribution in [2.45, 2.75) is 12.5 Å². The van der Waals surface area contributed by atoms with Gasteiger partial charge in [0.25, 0.3) is 0 Å². The minimum Gasteiger partial charge on any atom is -0.496 e. The average molecular weight is 261 g/mol. The van der Waals surface area contributed by atoms with Crippen LogP contribution < -0.4 is 16.0 Å². The van der Waals surface area contributed by atoms with Gasteiger partial charge in [-0.3, -0.25) is 16.3 Å². The maximum absolute atomic E-state index is 13.2. The summed E-state index contributed by atoms with van der Waals surface area (Å²) in [4.78, 5) is 3.84. The number of nitrogens with two attached hydrogens (primary N) is 1. The van der Waals surface area contributed by atoms with Crippen molar-refractivity contribution < 1.29 is 9.13 Å². The van der Waals surface area contributed by atoms with E-state index in [9.17, 15) is 4.39 Å². The van der Waals surface area contributed by atoms with Gasteiger partial charge in [0.2, 0.25) is 0 Å². The first-order chi connectivity index (χ1) is 9.24. The zero-order chi connectivity index (χ0) is 13.7. The first-order valence-corrected chi connectivity index (χ1v) is 5.93. The maximum atomic E-state index is 13.2. The third-order valence-corrected chi connectivity index (χ3v) is 2.95. The summed E-state index contributed by atoms with van der Waals surface area (Å²) < 4.78 is 18.5. The number of ether oxygens (including phenoxy) is 1. The van der Waals surface area contributed by atoms with Gasteiger partial charge in [0.05, 0.1) is 19.3 Å². The molecule has 0 saturated carbocycles. The fraction of sp³-hybridized carbons (Fsp3) is 0.214. The third-order valence-electron chi connectivity index (χ3n) is 2.95. The number of aromatic nitrogens is 1. The van der Waals surface area contributed by atoms with Gasteiger partial charge in [-0.1, -0.05) is 18.2 Å². The van der Waals surface area contributed by atoms with Gasteiger partial charge in [0.15, 0.2) is 0 Å². The van der Waals surface area contributed by atoms with Crippen LogP contribution in [-0.2, 0) is 6.42 Å². The van der Waals surface area contributed by atoms with Gasteiger partial charge < -0.3 is 4.74 Å². The molecule has 0 bridgehead atoms. The van der Waals surface area contributed by atoms with Crippen LogP contribution in [0.3, 0.4) is 0 Å². The molecule has 0 aliphatic carbocycles. The van der Waals surface area contributed by atoms with Crippen LogP contribution in [0.4, 0.5) is 4.39 Å². The molecule has 1 aromatic heterocycles. The Hall–Kier alpha value is -1.98. The van der Waals surface area contributed by atoms with E-state index in [1.807, 2.05) is 24.3 Å². The monoisotopic (exact) mass is 261 g/mol. The molecule has 1 heterocycles. The van der Waals surface area contributed by atoms with E-state index in [0.717, 1.165) is 11.3 Å². The summed E-state index contributed by atoms with van der Waals surface area (Å²) in [7, 11) is 1.62. The number of hydrazine groups is 1. The summed E-state index contributed by atoms with van der Waals surface area (Å²) in [6, 6.07) is 8.86. The standard InChI is InChI=1S/C14H16FN3O/c1-19-14-5-3-2-4-10(14)7-13(18-16)11-6-12(15)9-17-8-11/h2-6,8-9,13,18H,7,16H2,1H3. The van der Waals surface area contributed by atoms with E-state index in [2.05, 4.69) is 10.4 Å². The van der Waals surface area contributed by atoms with Crippen LogP contribution >= 0.6 is 0 Å². The lowest BCUT2D eigenvalue weighted by atomic mass is 10.00. The van der Waals surface area contributed by atoms with E-state index in [1.54, 1.807) is 13.3 Å². The van der Waals surface area contributed by atoms with E-state index in [1.165, 1.54) is 12.3 Å². The number of hydrogen-bond acceptors (Lipinski definition) is 4. The lowest BCUT2D eigenvalue weighted by Gasteiger charge is -2.17. The van der Waals surface area contributed by atoms with Crippen molar-refractivity contribution in [2.75, 3.05) is 7.11 Å². The minimum atomic E-state index is -0.377. The van der Waals surface area contributed by atoms with Crippen LogP contribution in [0.1, 0.15) is 17.2 Å². The highest BCUT2D eigenvalue weighted by Gasteiger charge is 2.14. The van der Waals surface area contributed by atoms with Crippen LogP contribution in [-0.4, -0.2) is 12.1 Å². The quantitative estimate of drug-likeness (QED) is 0.638. The Bertz CT molecular complexity index is 548. The molecule has 1 atom stereocenters. The van der Waals surface area contributed by atoms with Crippen LogP contribution in [0.15, 0.2) is 42.7 Å². The fourth-order valence-electron chi connectivity index (χ4n) is 1.98. The molecule has 2 rings (SSSR count). The summed E-state index contributed by atoms with van der Waals surface area (Å²) >= 11 is 0. The van der Waals surface area contributed by atoms with Crippen LogP contribution in [0, 0.1) is 5.82 Å². The second kappa shape index (κ2) is 6.26. The lowest BCUT2D eigenvalue weighted by molar-refractivity contribution is 0.405. The Morgan fingerprint density at radius 1 is 1.37 bits per heavy atom. The first-order valence-electron chi connectivity index (χ1n) is 5.93. The summed E-state index contributed by atoms with van der Waals surface area (Å²) in [5.74, 6) is 5.96. The predicted molar refractivity (Wildman–Crippen MR) is 71.0 cm³/mol. The SMILES string of the molecule is COc1ccccc1CC(NN)c1cncc(F)c1. The van der Waals surface area contributed by atoms with Crippen LogP contribution in [0.25, 0.3) is 0 Å². The van der Waals surface area contributed by atoms with Gasteiger partial charge in [0.1, 0.15) is 11.6 Å². The molecule has 19 heavy (non-hydrogen) atoms. The molecule has 0 fully saturated rings. The van der Waals surface area contributed by atoms with Crippen molar-refractivity contribution in [3.63, 3.8) is 0 Å². The fourth-order valence-corrected chi connectivity index (χ4v) is 1.98. The molecule has 4 nitrogen and oxygen atoms in total. The van der Waals surface area contributed by atoms with Gasteiger partial charge in [0, 0.05) is 6.20 Å². The van der Waals surface area contributed by atoms with E-state index < -0.39 is 0 Å². The minimum absolute atomic E-state index is 0.223. The molecule has 0 aliphatic heterocycles. The molecule has 2 aromatic rings. The Morgan fingerprint density at radius 3 is 2.84 bits per heavy atom. The normalized spacial score (nSPS) is 12.2. The van der Waals surface area contributed by atoms with E-state index in [-0.39, 0.29) is 11.9 Å².